The number of thiazole rings is 1. The molecule has 4 heteroatoms. The van der Waals surface area contributed by atoms with E-state index in [0.29, 0.717) is 5.13 Å². The van der Waals surface area contributed by atoms with E-state index in [0.717, 1.165) is 10.8 Å². The van der Waals surface area contributed by atoms with Crippen LogP contribution in [0.3, 0.4) is 0 Å². The molecule has 2 rings (SSSR count). The minimum absolute atomic E-state index is 0.639. The summed E-state index contributed by atoms with van der Waals surface area (Å²) in [6.45, 7) is 0. The second-order valence-corrected chi connectivity index (χ2v) is 4.68. The van der Waals surface area contributed by atoms with Gasteiger partial charge in [-0.05, 0) is 5.56 Å². The van der Waals surface area contributed by atoms with E-state index in [9.17, 15) is 0 Å². The zero-order valence-corrected chi connectivity index (χ0v) is 9.15. The Morgan fingerprint density at radius 1 is 1.29 bits per heavy atom. The van der Waals surface area contributed by atoms with Crippen molar-refractivity contribution < 1.29 is 0 Å². The first-order valence-corrected chi connectivity index (χ1v) is 6.09. The van der Waals surface area contributed by atoms with Crippen molar-refractivity contribution in [3.05, 3.63) is 41.3 Å². The Balaban J connectivity index is 1.95. The summed E-state index contributed by atoms with van der Waals surface area (Å²) in [5.74, 6) is 0.948. The van der Waals surface area contributed by atoms with Gasteiger partial charge in [-0.25, -0.2) is 4.98 Å². The number of hydrogen-bond donors (Lipinski definition) is 1. The number of rotatable bonds is 3. The van der Waals surface area contributed by atoms with Crippen LogP contribution in [-0.4, -0.2) is 4.98 Å². The van der Waals surface area contributed by atoms with Crippen LogP contribution < -0.4 is 5.73 Å². The molecule has 2 nitrogen and oxygen atoms in total. The number of aromatic nitrogens is 1. The van der Waals surface area contributed by atoms with E-state index in [1.807, 2.05) is 23.6 Å². The van der Waals surface area contributed by atoms with E-state index in [2.05, 4.69) is 17.1 Å². The van der Waals surface area contributed by atoms with Crippen LogP contribution >= 0.6 is 23.1 Å². The van der Waals surface area contributed by atoms with Gasteiger partial charge in [-0.2, -0.15) is 0 Å². The van der Waals surface area contributed by atoms with Gasteiger partial charge in [-0.15, -0.1) is 23.1 Å². The molecule has 0 radical (unpaired) electrons. The third-order valence-corrected chi connectivity index (χ3v) is 3.54. The SMILES string of the molecule is Nc1nc(SCc2ccccc2)cs1. The Morgan fingerprint density at radius 2 is 2.07 bits per heavy atom. The first kappa shape index (κ1) is 9.55. The zero-order chi connectivity index (χ0) is 9.80. The van der Waals surface area contributed by atoms with Gasteiger partial charge in [0.1, 0.15) is 5.03 Å². The van der Waals surface area contributed by atoms with Gasteiger partial charge in [0.05, 0.1) is 0 Å². The molecule has 0 amide bonds. The zero-order valence-electron chi connectivity index (χ0n) is 7.51. The lowest BCUT2D eigenvalue weighted by atomic mass is 10.2. The average molecular weight is 222 g/mol. The van der Waals surface area contributed by atoms with E-state index in [1.165, 1.54) is 16.9 Å². The van der Waals surface area contributed by atoms with E-state index >= 15 is 0 Å². The molecule has 1 heterocycles. The fourth-order valence-corrected chi connectivity index (χ4v) is 2.64. The van der Waals surface area contributed by atoms with Crippen LogP contribution in [-0.2, 0) is 5.75 Å². The van der Waals surface area contributed by atoms with Gasteiger partial charge in [-0.3, -0.25) is 0 Å². The van der Waals surface area contributed by atoms with Crippen LogP contribution in [0.25, 0.3) is 0 Å². The van der Waals surface area contributed by atoms with Crippen molar-refractivity contribution in [2.24, 2.45) is 0 Å². The highest BCUT2D eigenvalue weighted by atomic mass is 32.2. The number of thioether (sulfide) groups is 1. The predicted molar refractivity (Wildman–Crippen MR) is 62.5 cm³/mol. The van der Waals surface area contributed by atoms with Crippen molar-refractivity contribution in [2.45, 2.75) is 10.8 Å². The summed E-state index contributed by atoms with van der Waals surface area (Å²) in [5.41, 5.74) is 6.85. The summed E-state index contributed by atoms with van der Waals surface area (Å²) in [5, 5.41) is 3.64. The molecular formula is C10H10N2S2. The summed E-state index contributed by atoms with van der Waals surface area (Å²) < 4.78 is 0. The number of hydrogen-bond acceptors (Lipinski definition) is 4. The molecule has 14 heavy (non-hydrogen) atoms. The smallest absolute Gasteiger partial charge is 0.181 e. The summed E-state index contributed by atoms with van der Waals surface area (Å²) >= 11 is 3.20. The minimum Gasteiger partial charge on any atom is -0.375 e. The molecule has 1 aromatic carbocycles. The van der Waals surface area contributed by atoms with Gasteiger partial charge >= 0.3 is 0 Å². The summed E-state index contributed by atoms with van der Waals surface area (Å²) in [6, 6.07) is 10.3. The molecule has 0 unspecified atom stereocenters. The number of nitrogens with zero attached hydrogens (tertiary/aromatic N) is 1. The van der Waals surface area contributed by atoms with Gasteiger partial charge < -0.3 is 5.73 Å². The minimum atomic E-state index is 0.639. The van der Waals surface area contributed by atoms with E-state index in [1.54, 1.807) is 11.8 Å². The number of nitrogen functional groups attached to an aromatic ring is 1. The van der Waals surface area contributed by atoms with E-state index in [-0.39, 0.29) is 0 Å². The van der Waals surface area contributed by atoms with Crippen molar-refractivity contribution >= 4 is 28.2 Å². The molecular weight excluding hydrogens is 212 g/mol. The normalized spacial score (nSPS) is 10.3. The summed E-state index contributed by atoms with van der Waals surface area (Å²) in [4.78, 5) is 4.19. The molecule has 0 saturated heterocycles. The molecule has 2 aromatic rings. The maximum Gasteiger partial charge on any atom is 0.181 e. The molecule has 2 N–H and O–H groups in total. The maximum absolute atomic E-state index is 5.54. The van der Waals surface area contributed by atoms with Gasteiger partial charge in [0.2, 0.25) is 0 Å². The average Bonchev–Trinajstić information content (AvgIpc) is 2.63. The van der Waals surface area contributed by atoms with Gasteiger partial charge in [0.15, 0.2) is 5.13 Å². The topological polar surface area (TPSA) is 38.9 Å². The molecule has 0 saturated carbocycles. The monoisotopic (exact) mass is 222 g/mol. The fourth-order valence-electron chi connectivity index (χ4n) is 1.07. The van der Waals surface area contributed by atoms with Gasteiger partial charge in [-0.1, -0.05) is 30.3 Å². The van der Waals surface area contributed by atoms with Crippen LogP contribution in [0.15, 0.2) is 40.7 Å². The molecule has 0 aliphatic rings. The fraction of sp³-hybridized carbons (Fsp3) is 0.100. The Kier molecular flexibility index (Phi) is 3.06. The van der Waals surface area contributed by atoms with Crippen molar-refractivity contribution in [2.75, 3.05) is 5.73 Å². The van der Waals surface area contributed by atoms with Crippen LogP contribution in [0.1, 0.15) is 5.56 Å². The number of anilines is 1. The maximum atomic E-state index is 5.54. The molecule has 72 valence electrons. The van der Waals surface area contributed by atoms with Gasteiger partial charge in [0.25, 0.3) is 0 Å². The molecule has 0 spiro atoms. The first-order valence-electron chi connectivity index (χ1n) is 4.22. The lowest BCUT2D eigenvalue weighted by Gasteiger charge is -1.97. The molecule has 1 aromatic heterocycles. The highest BCUT2D eigenvalue weighted by Gasteiger charge is 1.99. The Labute approximate surface area is 91.2 Å². The molecule has 0 aliphatic heterocycles. The second-order valence-electron chi connectivity index (χ2n) is 2.80. The lowest BCUT2D eigenvalue weighted by molar-refractivity contribution is 1.20. The largest absolute Gasteiger partial charge is 0.375 e. The second kappa shape index (κ2) is 4.48. The van der Waals surface area contributed by atoms with Gasteiger partial charge in [0, 0.05) is 11.1 Å². The lowest BCUT2D eigenvalue weighted by Crippen LogP contribution is -1.82. The van der Waals surface area contributed by atoms with E-state index < -0.39 is 0 Å². The standard InChI is InChI=1S/C10H10N2S2/c11-10-12-9(7-14-10)13-6-8-4-2-1-3-5-8/h1-5,7H,6H2,(H2,11,12). The molecule has 0 atom stereocenters. The Bertz CT molecular complexity index is 398. The Hall–Kier alpha value is -1.00. The predicted octanol–water partition coefficient (Wildman–Crippen LogP) is 3.02. The summed E-state index contributed by atoms with van der Waals surface area (Å²) in [6.07, 6.45) is 0. The number of nitrogens with two attached hydrogens (primary N) is 1. The highest BCUT2D eigenvalue weighted by molar-refractivity contribution is 7.98. The highest BCUT2D eigenvalue weighted by Crippen LogP contribution is 2.25. The van der Waals surface area contributed by atoms with Crippen molar-refractivity contribution in [1.29, 1.82) is 0 Å². The summed E-state index contributed by atoms with van der Waals surface area (Å²) in [7, 11) is 0. The van der Waals surface area contributed by atoms with Crippen LogP contribution in [0.2, 0.25) is 0 Å². The van der Waals surface area contributed by atoms with Crippen LogP contribution in [0.5, 0.6) is 0 Å². The number of benzene rings is 1. The third-order valence-electron chi connectivity index (χ3n) is 1.73. The van der Waals surface area contributed by atoms with Crippen LogP contribution in [0, 0.1) is 0 Å². The Morgan fingerprint density at radius 3 is 2.71 bits per heavy atom. The molecule has 0 bridgehead atoms. The van der Waals surface area contributed by atoms with Crippen molar-refractivity contribution in [3.8, 4) is 0 Å². The first-order chi connectivity index (χ1) is 6.84. The van der Waals surface area contributed by atoms with E-state index in [4.69, 9.17) is 5.73 Å². The third kappa shape index (κ3) is 2.49. The van der Waals surface area contributed by atoms with Crippen molar-refractivity contribution in [1.82, 2.24) is 4.98 Å². The quantitative estimate of drug-likeness (QED) is 0.811. The van der Waals surface area contributed by atoms with Crippen LogP contribution in [0.4, 0.5) is 5.13 Å². The molecule has 0 fully saturated rings. The van der Waals surface area contributed by atoms with Crippen molar-refractivity contribution in [3.63, 3.8) is 0 Å². The molecule has 0 aliphatic carbocycles.